The Labute approximate surface area is 101 Å². The fraction of sp³-hybridized carbons (Fsp3) is 0.385. The van der Waals surface area contributed by atoms with Crippen molar-refractivity contribution in [3.05, 3.63) is 36.0 Å². The molecule has 0 aliphatic rings. The van der Waals surface area contributed by atoms with Crippen LogP contribution in [0.3, 0.4) is 0 Å². The maximum Gasteiger partial charge on any atom is 0.162 e. The van der Waals surface area contributed by atoms with Crippen molar-refractivity contribution in [1.82, 2.24) is 15.3 Å². The van der Waals surface area contributed by atoms with Gasteiger partial charge in [0.25, 0.3) is 0 Å². The fourth-order valence-corrected chi connectivity index (χ4v) is 1.55. The molecule has 0 saturated carbocycles. The topological polar surface area (TPSA) is 51.0 Å². The second-order valence-electron chi connectivity index (χ2n) is 4.30. The Bertz CT molecular complexity index is 491. The number of rotatable bonds is 4. The molecule has 0 atom stereocenters. The third-order valence-corrected chi connectivity index (χ3v) is 2.50. The zero-order valence-corrected chi connectivity index (χ0v) is 10.4. The molecule has 17 heavy (non-hydrogen) atoms. The van der Waals surface area contributed by atoms with E-state index in [1.807, 2.05) is 19.1 Å². The molecule has 0 unspecified atom stereocenters. The number of hydrogen-bond acceptors (Lipinski definition) is 4. The quantitative estimate of drug-likeness (QED) is 0.878. The first-order valence-corrected chi connectivity index (χ1v) is 5.76. The maximum atomic E-state index is 5.26. The van der Waals surface area contributed by atoms with Crippen molar-refractivity contribution in [3.8, 4) is 11.4 Å². The van der Waals surface area contributed by atoms with Crippen LogP contribution in [0.15, 0.2) is 29.0 Å². The standard InChI is InChI=1S/C13H17N3O/c1-9(2)15-8-11-4-6-14-13(16-11)12-5-7-17-10(12)3/h4-7,9,15H,8H2,1-3H3. The maximum absolute atomic E-state index is 5.26. The smallest absolute Gasteiger partial charge is 0.162 e. The lowest BCUT2D eigenvalue weighted by atomic mass is 10.2. The third-order valence-electron chi connectivity index (χ3n) is 2.50. The fourth-order valence-electron chi connectivity index (χ4n) is 1.55. The number of aryl methyl sites for hydroxylation is 1. The van der Waals surface area contributed by atoms with Crippen LogP contribution in [0.4, 0.5) is 0 Å². The predicted molar refractivity (Wildman–Crippen MR) is 66.4 cm³/mol. The Morgan fingerprint density at radius 3 is 2.82 bits per heavy atom. The van der Waals surface area contributed by atoms with Crippen molar-refractivity contribution in [3.63, 3.8) is 0 Å². The molecule has 2 aromatic heterocycles. The number of furan rings is 1. The SMILES string of the molecule is Cc1occc1-c1nccc(CNC(C)C)n1. The van der Waals surface area contributed by atoms with Crippen LogP contribution in [0, 0.1) is 6.92 Å². The second kappa shape index (κ2) is 5.10. The third kappa shape index (κ3) is 2.91. The minimum Gasteiger partial charge on any atom is -0.469 e. The summed E-state index contributed by atoms with van der Waals surface area (Å²) in [6, 6.07) is 4.27. The zero-order chi connectivity index (χ0) is 12.3. The molecule has 2 rings (SSSR count). The average Bonchev–Trinajstić information content (AvgIpc) is 2.73. The number of hydrogen-bond donors (Lipinski definition) is 1. The van der Waals surface area contributed by atoms with Crippen LogP contribution < -0.4 is 5.32 Å². The van der Waals surface area contributed by atoms with Gasteiger partial charge >= 0.3 is 0 Å². The summed E-state index contributed by atoms with van der Waals surface area (Å²) in [4.78, 5) is 8.79. The molecular weight excluding hydrogens is 214 g/mol. The van der Waals surface area contributed by atoms with Gasteiger partial charge in [0.2, 0.25) is 0 Å². The molecule has 0 aromatic carbocycles. The number of nitrogens with one attached hydrogen (secondary N) is 1. The van der Waals surface area contributed by atoms with Crippen molar-refractivity contribution in [2.75, 3.05) is 0 Å². The van der Waals surface area contributed by atoms with Gasteiger partial charge in [-0.15, -0.1) is 0 Å². The highest BCUT2D eigenvalue weighted by Gasteiger charge is 2.08. The van der Waals surface area contributed by atoms with Crippen LogP contribution >= 0.6 is 0 Å². The molecule has 2 heterocycles. The van der Waals surface area contributed by atoms with Gasteiger partial charge in [-0.05, 0) is 19.1 Å². The van der Waals surface area contributed by atoms with Crippen LogP contribution in [0.1, 0.15) is 25.3 Å². The van der Waals surface area contributed by atoms with Gasteiger partial charge in [0.1, 0.15) is 5.76 Å². The van der Waals surface area contributed by atoms with Crippen molar-refractivity contribution >= 4 is 0 Å². The Morgan fingerprint density at radius 1 is 1.35 bits per heavy atom. The minimum absolute atomic E-state index is 0.448. The molecular formula is C13H17N3O. The van der Waals surface area contributed by atoms with Gasteiger partial charge in [0.15, 0.2) is 5.82 Å². The molecule has 0 aliphatic heterocycles. The van der Waals surface area contributed by atoms with E-state index in [1.165, 1.54) is 0 Å². The van der Waals surface area contributed by atoms with Gasteiger partial charge in [0, 0.05) is 18.8 Å². The molecule has 90 valence electrons. The molecule has 2 aromatic rings. The first kappa shape index (κ1) is 11.8. The van der Waals surface area contributed by atoms with Crippen molar-refractivity contribution in [2.45, 2.75) is 33.4 Å². The minimum atomic E-state index is 0.448. The van der Waals surface area contributed by atoms with Gasteiger partial charge in [0.05, 0.1) is 17.5 Å². The lowest BCUT2D eigenvalue weighted by Crippen LogP contribution is -2.22. The summed E-state index contributed by atoms with van der Waals surface area (Å²) in [5.41, 5.74) is 1.95. The summed E-state index contributed by atoms with van der Waals surface area (Å²) in [5.74, 6) is 1.57. The number of aromatic nitrogens is 2. The first-order chi connectivity index (χ1) is 8.16. The van der Waals surface area contributed by atoms with Crippen LogP contribution in [0.2, 0.25) is 0 Å². The molecule has 4 nitrogen and oxygen atoms in total. The van der Waals surface area contributed by atoms with Crippen molar-refractivity contribution in [2.24, 2.45) is 0 Å². The van der Waals surface area contributed by atoms with Crippen molar-refractivity contribution < 1.29 is 4.42 Å². The monoisotopic (exact) mass is 231 g/mol. The molecule has 0 saturated heterocycles. The van der Waals surface area contributed by atoms with Gasteiger partial charge in [-0.25, -0.2) is 9.97 Å². The largest absolute Gasteiger partial charge is 0.469 e. The summed E-state index contributed by atoms with van der Waals surface area (Å²) in [5, 5.41) is 3.34. The van der Waals surface area contributed by atoms with Gasteiger partial charge < -0.3 is 9.73 Å². The number of nitrogens with zero attached hydrogens (tertiary/aromatic N) is 2. The first-order valence-electron chi connectivity index (χ1n) is 5.76. The Balaban J connectivity index is 2.20. The van der Waals surface area contributed by atoms with Crippen LogP contribution in [0.5, 0.6) is 0 Å². The summed E-state index contributed by atoms with van der Waals surface area (Å²) in [6.07, 6.45) is 3.44. The van der Waals surface area contributed by atoms with Crippen LogP contribution in [-0.2, 0) is 6.54 Å². The lowest BCUT2D eigenvalue weighted by Gasteiger charge is -2.07. The highest BCUT2D eigenvalue weighted by atomic mass is 16.3. The van der Waals surface area contributed by atoms with Crippen LogP contribution in [-0.4, -0.2) is 16.0 Å². The van der Waals surface area contributed by atoms with Crippen LogP contribution in [0.25, 0.3) is 11.4 Å². The summed E-state index contributed by atoms with van der Waals surface area (Å²) in [6.45, 7) is 6.90. The van der Waals surface area contributed by atoms with E-state index in [0.29, 0.717) is 6.04 Å². The molecule has 0 amide bonds. The van der Waals surface area contributed by atoms with E-state index in [-0.39, 0.29) is 0 Å². The zero-order valence-electron chi connectivity index (χ0n) is 10.4. The van der Waals surface area contributed by atoms with Gasteiger partial charge in [-0.1, -0.05) is 13.8 Å². The van der Waals surface area contributed by atoms with Gasteiger partial charge in [-0.3, -0.25) is 0 Å². The summed E-state index contributed by atoms with van der Waals surface area (Å²) >= 11 is 0. The van der Waals surface area contributed by atoms with E-state index in [1.54, 1.807) is 12.5 Å². The molecule has 0 spiro atoms. The van der Waals surface area contributed by atoms with E-state index in [9.17, 15) is 0 Å². The second-order valence-corrected chi connectivity index (χ2v) is 4.30. The molecule has 0 radical (unpaired) electrons. The molecule has 1 N–H and O–H groups in total. The summed E-state index contributed by atoms with van der Waals surface area (Å²) in [7, 11) is 0. The van der Waals surface area contributed by atoms with E-state index in [4.69, 9.17) is 4.42 Å². The van der Waals surface area contributed by atoms with Crippen molar-refractivity contribution in [1.29, 1.82) is 0 Å². The molecule has 0 aliphatic carbocycles. The predicted octanol–water partition coefficient (Wildman–Crippen LogP) is 2.54. The Morgan fingerprint density at radius 2 is 2.18 bits per heavy atom. The van der Waals surface area contributed by atoms with E-state index >= 15 is 0 Å². The normalized spacial score (nSPS) is 11.1. The summed E-state index contributed by atoms with van der Waals surface area (Å²) < 4.78 is 5.26. The molecule has 0 fully saturated rings. The molecule has 4 heteroatoms. The lowest BCUT2D eigenvalue weighted by molar-refractivity contribution is 0.535. The molecule has 0 bridgehead atoms. The van der Waals surface area contributed by atoms with E-state index in [0.717, 1.165) is 29.4 Å². The van der Waals surface area contributed by atoms with Gasteiger partial charge in [-0.2, -0.15) is 0 Å². The highest BCUT2D eigenvalue weighted by Crippen LogP contribution is 2.20. The van der Waals surface area contributed by atoms with E-state index < -0.39 is 0 Å². The Hall–Kier alpha value is -1.68. The highest BCUT2D eigenvalue weighted by molar-refractivity contribution is 5.56. The Kier molecular flexibility index (Phi) is 3.54. The van der Waals surface area contributed by atoms with E-state index in [2.05, 4.69) is 29.1 Å². The average molecular weight is 231 g/mol.